The molecule has 25 heavy (non-hydrogen) atoms. The Balaban J connectivity index is 1.46. The first-order valence-electron chi connectivity index (χ1n) is 8.34. The molecule has 1 aromatic heterocycles. The quantitative estimate of drug-likeness (QED) is 0.768. The van der Waals surface area contributed by atoms with Gasteiger partial charge in [0.25, 0.3) is 0 Å². The van der Waals surface area contributed by atoms with Crippen molar-refractivity contribution in [2.45, 2.75) is 19.1 Å². The number of halogens is 1. The smallest absolute Gasteiger partial charge is 0.123 e. The minimum Gasteiger partial charge on any atom is -0.382 e. The Kier molecular flexibility index (Phi) is 3.90. The lowest BCUT2D eigenvalue weighted by Crippen LogP contribution is -2.58. The van der Waals surface area contributed by atoms with E-state index >= 15 is 0 Å². The summed E-state index contributed by atoms with van der Waals surface area (Å²) < 4.78 is 13.1. The topological polar surface area (TPSA) is 52.2 Å². The molecule has 0 aliphatic carbocycles. The maximum atomic E-state index is 13.1. The van der Waals surface area contributed by atoms with E-state index in [2.05, 4.69) is 46.3 Å². The summed E-state index contributed by atoms with van der Waals surface area (Å²) in [5.41, 5.74) is 4.30. The molecule has 4 rings (SSSR count). The van der Waals surface area contributed by atoms with E-state index < -0.39 is 5.60 Å². The molecule has 2 aromatic carbocycles. The molecule has 0 amide bonds. The van der Waals surface area contributed by atoms with Crippen molar-refractivity contribution in [3.05, 3.63) is 77.2 Å². The van der Waals surface area contributed by atoms with Gasteiger partial charge in [-0.05, 0) is 30.2 Å². The van der Waals surface area contributed by atoms with Crippen LogP contribution in [-0.2, 0) is 12.1 Å². The molecule has 1 aliphatic heterocycles. The third kappa shape index (κ3) is 3.08. The van der Waals surface area contributed by atoms with Gasteiger partial charge in [0, 0.05) is 25.2 Å². The minimum atomic E-state index is -0.901. The number of hydrogen-bond donors (Lipinski definition) is 2. The fourth-order valence-electron chi connectivity index (χ4n) is 3.39. The van der Waals surface area contributed by atoms with Crippen LogP contribution in [0.5, 0.6) is 0 Å². The van der Waals surface area contributed by atoms with E-state index in [0.29, 0.717) is 19.6 Å². The highest BCUT2D eigenvalue weighted by atomic mass is 19.1. The first kappa shape index (κ1) is 16.0. The van der Waals surface area contributed by atoms with Gasteiger partial charge >= 0.3 is 0 Å². The number of rotatable bonds is 4. The number of hydrogen-bond acceptors (Lipinski definition) is 3. The Morgan fingerprint density at radius 2 is 1.80 bits per heavy atom. The van der Waals surface area contributed by atoms with Crippen LogP contribution < -0.4 is 0 Å². The minimum absolute atomic E-state index is 0.287. The molecule has 0 unspecified atom stereocenters. The molecule has 5 heteroatoms. The van der Waals surface area contributed by atoms with E-state index in [1.807, 2.05) is 6.20 Å². The number of nitrogens with one attached hydrogen (secondary N) is 1. The van der Waals surface area contributed by atoms with Crippen molar-refractivity contribution in [3.8, 4) is 11.3 Å². The number of aryl methyl sites for hydroxylation is 1. The van der Waals surface area contributed by atoms with Gasteiger partial charge < -0.3 is 5.11 Å². The Labute approximate surface area is 145 Å². The maximum Gasteiger partial charge on any atom is 0.123 e. The normalized spacial score (nSPS) is 16.6. The summed E-state index contributed by atoms with van der Waals surface area (Å²) in [6.45, 7) is 3.82. The van der Waals surface area contributed by atoms with E-state index in [-0.39, 0.29) is 5.82 Å². The Morgan fingerprint density at radius 1 is 1.12 bits per heavy atom. The van der Waals surface area contributed by atoms with Gasteiger partial charge in [-0.1, -0.05) is 42.0 Å². The summed E-state index contributed by atoms with van der Waals surface area (Å²) >= 11 is 0. The number of H-pyrrole nitrogens is 1. The third-order valence-corrected chi connectivity index (χ3v) is 4.80. The molecule has 2 heterocycles. The van der Waals surface area contributed by atoms with Crippen molar-refractivity contribution in [2.75, 3.05) is 13.1 Å². The zero-order valence-electron chi connectivity index (χ0n) is 14.0. The number of aliphatic hydroxyl groups is 1. The lowest BCUT2D eigenvalue weighted by atomic mass is 9.86. The third-order valence-electron chi connectivity index (χ3n) is 4.80. The second kappa shape index (κ2) is 6.10. The Morgan fingerprint density at radius 3 is 2.48 bits per heavy atom. The zero-order valence-corrected chi connectivity index (χ0v) is 14.0. The van der Waals surface area contributed by atoms with Crippen molar-refractivity contribution >= 4 is 0 Å². The first-order chi connectivity index (χ1) is 12.0. The number of aromatic amines is 1. The fraction of sp³-hybridized carbons (Fsp3) is 0.250. The van der Waals surface area contributed by atoms with Crippen LogP contribution in [0.15, 0.2) is 54.7 Å². The summed E-state index contributed by atoms with van der Waals surface area (Å²) in [5, 5.41) is 18.0. The molecular weight excluding hydrogens is 317 g/mol. The molecule has 0 saturated carbocycles. The first-order valence-corrected chi connectivity index (χ1v) is 8.34. The maximum absolute atomic E-state index is 13.1. The molecule has 1 aliphatic rings. The summed E-state index contributed by atoms with van der Waals surface area (Å²) in [6, 6.07) is 14.4. The number of likely N-dealkylation sites (tertiary alicyclic amines) is 1. The van der Waals surface area contributed by atoms with Crippen LogP contribution in [0.4, 0.5) is 4.39 Å². The SMILES string of the molecule is Cc1ccc(-c2[nH]ncc2CN2CC(O)(c3ccc(F)cc3)C2)cc1. The van der Waals surface area contributed by atoms with Crippen molar-refractivity contribution in [3.63, 3.8) is 0 Å². The van der Waals surface area contributed by atoms with E-state index in [1.165, 1.54) is 17.7 Å². The average Bonchev–Trinajstić information content (AvgIpc) is 3.03. The van der Waals surface area contributed by atoms with Gasteiger partial charge in [0.05, 0.1) is 11.9 Å². The number of aromatic nitrogens is 2. The van der Waals surface area contributed by atoms with Gasteiger partial charge in [-0.2, -0.15) is 5.10 Å². The average molecular weight is 337 g/mol. The number of benzene rings is 2. The Bertz CT molecular complexity index is 865. The van der Waals surface area contributed by atoms with Gasteiger partial charge in [-0.3, -0.25) is 10.00 Å². The second-order valence-corrected chi connectivity index (χ2v) is 6.82. The molecule has 128 valence electrons. The van der Waals surface area contributed by atoms with Gasteiger partial charge in [0.15, 0.2) is 0 Å². The molecule has 1 fully saturated rings. The van der Waals surface area contributed by atoms with Crippen molar-refractivity contribution in [1.82, 2.24) is 15.1 Å². The van der Waals surface area contributed by atoms with Crippen LogP contribution in [0, 0.1) is 12.7 Å². The highest BCUT2D eigenvalue weighted by Gasteiger charge is 2.42. The Hall–Kier alpha value is -2.50. The van der Waals surface area contributed by atoms with Gasteiger partial charge in [-0.15, -0.1) is 0 Å². The fourth-order valence-corrected chi connectivity index (χ4v) is 3.39. The molecule has 3 aromatic rings. The van der Waals surface area contributed by atoms with Crippen LogP contribution >= 0.6 is 0 Å². The van der Waals surface area contributed by atoms with Crippen LogP contribution in [0.25, 0.3) is 11.3 Å². The lowest BCUT2D eigenvalue weighted by molar-refractivity contribution is -0.107. The van der Waals surface area contributed by atoms with Crippen LogP contribution in [0.2, 0.25) is 0 Å². The zero-order chi connectivity index (χ0) is 17.4. The summed E-state index contributed by atoms with van der Waals surface area (Å²) in [4.78, 5) is 2.16. The number of β-amino-alcohol motifs (C(OH)–C–C–N with tert-alkyl or cyclic N) is 1. The molecule has 4 nitrogen and oxygen atoms in total. The molecule has 0 atom stereocenters. The van der Waals surface area contributed by atoms with E-state index in [0.717, 1.165) is 22.4 Å². The van der Waals surface area contributed by atoms with Crippen LogP contribution in [-0.4, -0.2) is 33.3 Å². The molecule has 0 bridgehead atoms. The highest BCUT2D eigenvalue weighted by Crippen LogP contribution is 2.34. The standard InChI is InChI=1S/C20H20FN3O/c1-14-2-4-15(5-3-14)19-16(10-22-23-19)11-24-12-20(25,13-24)17-6-8-18(21)9-7-17/h2-10,25H,11-13H2,1H3,(H,22,23). The summed E-state index contributed by atoms with van der Waals surface area (Å²) in [7, 11) is 0. The van der Waals surface area contributed by atoms with Crippen LogP contribution in [0.3, 0.4) is 0 Å². The predicted molar refractivity (Wildman–Crippen MR) is 94.3 cm³/mol. The highest BCUT2D eigenvalue weighted by molar-refractivity contribution is 5.62. The molecule has 0 spiro atoms. The van der Waals surface area contributed by atoms with Gasteiger partial charge in [0.2, 0.25) is 0 Å². The molecular formula is C20H20FN3O. The van der Waals surface area contributed by atoms with Gasteiger partial charge in [0.1, 0.15) is 11.4 Å². The van der Waals surface area contributed by atoms with E-state index in [4.69, 9.17) is 0 Å². The van der Waals surface area contributed by atoms with E-state index in [9.17, 15) is 9.50 Å². The summed E-state index contributed by atoms with van der Waals surface area (Å²) in [5.74, 6) is -0.287. The molecule has 2 N–H and O–H groups in total. The largest absolute Gasteiger partial charge is 0.382 e. The van der Waals surface area contributed by atoms with Crippen molar-refractivity contribution in [1.29, 1.82) is 0 Å². The van der Waals surface area contributed by atoms with Crippen molar-refractivity contribution in [2.24, 2.45) is 0 Å². The lowest BCUT2D eigenvalue weighted by Gasteiger charge is -2.46. The molecule has 0 radical (unpaired) electrons. The van der Waals surface area contributed by atoms with E-state index in [1.54, 1.807) is 12.1 Å². The second-order valence-electron chi connectivity index (χ2n) is 6.82. The van der Waals surface area contributed by atoms with Gasteiger partial charge in [-0.25, -0.2) is 4.39 Å². The summed E-state index contributed by atoms with van der Waals surface area (Å²) in [6.07, 6.45) is 1.84. The molecule has 1 saturated heterocycles. The predicted octanol–water partition coefficient (Wildman–Crippen LogP) is 3.23. The van der Waals surface area contributed by atoms with Crippen molar-refractivity contribution < 1.29 is 9.50 Å². The van der Waals surface area contributed by atoms with Crippen LogP contribution in [0.1, 0.15) is 16.7 Å². The monoisotopic (exact) mass is 337 g/mol. The number of nitrogens with zero attached hydrogens (tertiary/aromatic N) is 2.